The Morgan fingerprint density at radius 3 is 2.85 bits per heavy atom. The summed E-state index contributed by atoms with van der Waals surface area (Å²) >= 11 is 1.37. The first-order valence-electron chi connectivity index (χ1n) is 9.13. The van der Waals surface area contributed by atoms with E-state index in [1.807, 2.05) is 31.2 Å². The second-order valence-corrected chi connectivity index (χ2v) is 7.74. The lowest BCUT2D eigenvalue weighted by Gasteiger charge is -2.28. The number of thiazole rings is 1. The number of aromatic nitrogens is 1. The standard InChI is InChI=1S/C20H26N2O3S/c1-4-24-20(23)18-14(2)21-19(26-18)16-6-5-7-17(12-16)25-13-15-8-10-22(3)11-9-15/h5-7,12,15H,4,8-11,13H2,1-3H3. The van der Waals surface area contributed by atoms with Crippen molar-refractivity contribution in [3.05, 3.63) is 34.8 Å². The quantitative estimate of drug-likeness (QED) is 0.715. The summed E-state index contributed by atoms with van der Waals surface area (Å²) in [5.41, 5.74) is 1.68. The van der Waals surface area contributed by atoms with Crippen LogP contribution >= 0.6 is 11.3 Å². The second kappa shape index (κ2) is 8.64. The van der Waals surface area contributed by atoms with Gasteiger partial charge in [-0.05, 0) is 64.9 Å². The molecule has 2 heterocycles. The predicted molar refractivity (Wildman–Crippen MR) is 104 cm³/mol. The molecule has 1 aromatic carbocycles. The lowest BCUT2D eigenvalue weighted by atomic mass is 9.98. The average Bonchev–Trinajstić information content (AvgIpc) is 3.04. The van der Waals surface area contributed by atoms with Crippen LogP contribution in [0.3, 0.4) is 0 Å². The Morgan fingerprint density at radius 1 is 1.35 bits per heavy atom. The molecule has 0 amide bonds. The third-order valence-electron chi connectivity index (χ3n) is 4.66. The molecule has 0 saturated carbocycles. The van der Waals surface area contributed by atoms with Gasteiger partial charge in [0.1, 0.15) is 15.6 Å². The van der Waals surface area contributed by atoms with Crippen LogP contribution in [0, 0.1) is 12.8 Å². The molecule has 0 bridgehead atoms. The van der Waals surface area contributed by atoms with Gasteiger partial charge in [-0.2, -0.15) is 0 Å². The number of hydrogen-bond donors (Lipinski definition) is 0. The zero-order valence-electron chi connectivity index (χ0n) is 15.7. The van der Waals surface area contributed by atoms with E-state index in [4.69, 9.17) is 9.47 Å². The van der Waals surface area contributed by atoms with Gasteiger partial charge in [0.2, 0.25) is 0 Å². The minimum Gasteiger partial charge on any atom is -0.493 e. The smallest absolute Gasteiger partial charge is 0.350 e. The van der Waals surface area contributed by atoms with Crippen LogP contribution in [0.1, 0.15) is 35.1 Å². The monoisotopic (exact) mass is 374 g/mol. The van der Waals surface area contributed by atoms with E-state index in [1.54, 1.807) is 6.92 Å². The van der Waals surface area contributed by atoms with Gasteiger partial charge in [-0.3, -0.25) is 0 Å². The molecule has 140 valence electrons. The van der Waals surface area contributed by atoms with Gasteiger partial charge in [0.25, 0.3) is 0 Å². The van der Waals surface area contributed by atoms with Gasteiger partial charge in [0, 0.05) is 5.56 Å². The molecule has 5 nitrogen and oxygen atoms in total. The van der Waals surface area contributed by atoms with E-state index in [2.05, 4.69) is 16.9 Å². The first-order chi connectivity index (χ1) is 12.6. The maximum Gasteiger partial charge on any atom is 0.350 e. The summed E-state index contributed by atoms with van der Waals surface area (Å²) in [4.78, 5) is 19.5. The van der Waals surface area contributed by atoms with Crippen molar-refractivity contribution in [2.75, 3.05) is 33.4 Å². The molecule has 1 aliphatic heterocycles. The first-order valence-corrected chi connectivity index (χ1v) is 9.94. The SMILES string of the molecule is CCOC(=O)c1sc(-c2cccc(OCC3CCN(C)CC3)c2)nc1C. The van der Waals surface area contributed by atoms with Gasteiger partial charge in [-0.15, -0.1) is 11.3 Å². The van der Waals surface area contributed by atoms with Gasteiger partial charge in [0.05, 0.1) is 18.9 Å². The molecule has 0 aliphatic carbocycles. The molecule has 1 fully saturated rings. The largest absolute Gasteiger partial charge is 0.493 e. The molecule has 0 spiro atoms. The molecule has 3 rings (SSSR count). The lowest BCUT2D eigenvalue weighted by Crippen LogP contribution is -2.32. The molecule has 0 atom stereocenters. The number of aryl methyl sites for hydroxylation is 1. The summed E-state index contributed by atoms with van der Waals surface area (Å²) in [5, 5.41) is 0.815. The van der Waals surface area contributed by atoms with Crippen molar-refractivity contribution >= 4 is 17.3 Å². The number of nitrogens with zero attached hydrogens (tertiary/aromatic N) is 2. The number of rotatable bonds is 6. The number of esters is 1. The Morgan fingerprint density at radius 2 is 2.12 bits per heavy atom. The van der Waals surface area contributed by atoms with E-state index in [0.717, 1.165) is 36.0 Å². The minimum absolute atomic E-state index is 0.302. The molecule has 26 heavy (non-hydrogen) atoms. The van der Waals surface area contributed by atoms with Crippen LogP contribution in [0.5, 0.6) is 5.75 Å². The number of benzene rings is 1. The molecule has 1 aliphatic rings. The molecule has 0 radical (unpaired) electrons. The second-order valence-electron chi connectivity index (χ2n) is 6.74. The van der Waals surface area contributed by atoms with Crippen molar-refractivity contribution in [2.45, 2.75) is 26.7 Å². The Balaban J connectivity index is 1.67. The van der Waals surface area contributed by atoms with E-state index in [1.165, 1.54) is 24.2 Å². The van der Waals surface area contributed by atoms with Crippen molar-refractivity contribution in [3.8, 4) is 16.3 Å². The van der Waals surface area contributed by atoms with Crippen molar-refractivity contribution in [3.63, 3.8) is 0 Å². The maximum atomic E-state index is 12.0. The summed E-state index contributed by atoms with van der Waals surface area (Å²) in [6.07, 6.45) is 2.37. The molecule has 2 aromatic rings. The predicted octanol–water partition coefficient (Wildman–Crippen LogP) is 4.02. The molecule has 0 N–H and O–H groups in total. The fraction of sp³-hybridized carbons (Fsp3) is 0.500. The van der Waals surface area contributed by atoms with E-state index in [-0.39, 0.29) is 5.97 Å². The number of hydrogen-bond acceptors (Lipinski definition) is 6. The van der Waals surface area contributed by atoms with Crippen LogP contribution in [-0.2, 0) is 4.74 Å². The fourth-order valence-electron chi connectivity index (χ4n) is 3.07. The van der Waals surface area contributed by atoms with Gasteiger partial charge in [-0.1, -0.05) is 12.1 Å². The number of likely N-dealkylation sites (tertiary alicyclic amines) is 1. The third kappa shape index (κ3) is 4.62. The third-order valence-corrected chi connectivity index (χ3v) is 5.85. The van der Waals surface area contributed by atoms with Crippen molar-refractivity contribution < 1.29 is 14.3 Å². The molecular weight excluding hydrogens is 348 g/mol. The Bertz CT molecular complexity index is 751. The highest BCUT2D eigenvalue weighted by atomic mass is 32.1. The van der Waals surface area contributed by atoms with Crippen molar-refractivity contribution in [1.82, 2.24) is 9.88 Å². The highest BCUT2D eigenvalue weighted by Crippen LogP contribution is 2.31. The molecule has 1 aromatic heterocycles. The highest BCUT2D eigenvalue weighted by Gasteiger charge is 2.19. The summed E-state index contributed by atoms with van der Waals surface area (Å²) < 4.78 is 11.1. The van der Waals surface area contributed by atoms with Crippen LogP contribution in [0.25, 0.3) is 10.6 Å². The molecule has 0 unspecified atom stereocenters. The van der Waals surface area contributed by atoms with Gasteiger partial charge in [0.15, 0.2) is 0 Å². The van der Waals surface area contributed by atoms with Gasteiger partial charge < -0.3 is 14.4 Å². The zero-order valence-corrected chi connectivity index (χ0v) is 16.5. The zero-order chi connectivity index (χ0) is 18.5. The molecular formula is C20H26N2O3S. The van der Waals surface area contributed by atoms with E-state index < -0.39 is 0 Å². The summed E-state index contributed by atoms with van der Waals surface area (Å²) in [7, 11) is 2.17. The Kier molecular flexibility index (Phi) is 6.27. The van der Waals surface area contributed by atoms with Gasteiger partial charge >= 0.3 is 5.97 Å². The number of piperidine rings is 1. The number of ether oxygens (including phenoxy) is 2. The normalized spacial score (nSPS) is 15.8. The molecule has 6 heteroatoms. The average molecular weight is 375 g/mol. The number of carbonyl (C=O) groups is 1. The Labute approximate surface area is 159 Å². The van der Waals surface area contributed by atoms with Crippen LogP contribution in [0.15, 0.2) is 24.3 Å². The van der Waals surface area contributed by atoms with Gasteiger partial charge in [-0.25, -0.2) is 9.78 Å². The fourth-order valence-corrected chi connectivity index (χ4v) is 4.02. The topological polar surface area (TPSA) is 51.7 Å². The van der Waals surface area contributed by atoms with Crippen LogP contribution < -0.4 is 4.74 Å². The summed E-state index contributed by atoms with van der Waals surface area (Å²) in [6.45, 7) is 7.05. The van der Waals surface area contributed by atoms with Crippen molar-refractivity contribution in [1.29, 1.82) is 0 Å². The van der Waals surface area contributed by atoms with E-state index >= 15 is 0 Å². The summed E-state index contributed by atoms with van der Waals surface area (Å²) in [5.74, 6) is 1.17. The van der Waals surface area contributed by atoms with Crippen molar-refractivity contribution in [2.24, 2.45) is 5.92 Å². The Hall–Kier alpha value is -1.92. The lowest BCUT2D eigenvalue weighted by molar-refractivity contribution is 0.0531. The van der Waals surface area contributed by atoms with Crippen LogP contribution in [0.2, 0.25) is 0 Å². The van der Waals surface area contributed by atoms with Crippen LogP contribution in [0.4, 0.5) is 0 Å². The van der Waals surface area contributed by atoms with E-state index in [9.17, 15) is 4.79 Å². The summed E-state index contributed by atoms with van der Waals surface area (Å²) in [6, 6.07) is 7.95. The number of carbonyl (C=O) groups excluding carboxylic acids is 1. The first kappa shape index (κ1) is 18.9. The molecule has 1 saturated heterocycles. The van der Waals surface area contributed by atoms with E-state index in [0.29, 0.717) is 23.1 Å². The highest BCUT2D eigenvalue weighted by molar-refractivity contribution is 7.17. The maximum absolute atomic E-state index is 12.0. The van der Waals surface area contributed by atoms with Crippen LogP contribution in [-0.4, -0.2) is 49.2 Å². The minimum atomic E-state index is -0.302.